The fourth-order valence-corrected chi connectivity index (χ4v) is 3.62. The summed E-state index contributed by atoms with van der Waals surface area (Å²) < 4.78 is 43.3. The Balaban J connectivity index is 1.42. The molecule has 2 aromatic carbocycles. The Bertz CT molecular complexity index is 988. The zero-order valence-electron chi connectivity index (χ0n) is 16.4. The minimum absolute atomic E-state index is 0.0935. The van der Waals surface area contributed by atoms with Gasteiger partial charge in [-0.05, 0) is 49.6 Å². The lowest BCUT2D eigenvalue weighted by molar-refractivity contribution is -0.137. The van der Waals surface area contributed by atoms with Gasteiger partial charge in [0, 0.05) is 35.6 Å². The molecule has 1 aliphatic rings. The molecule has 0 aliphatic carbocycles. The van der Waals surface area contributed by atoms with E-state index in [-0.39, 0.29) is 10.8 Å². The number of piperidine rings is 1. The molecule has 1 aromatic heterocycles. The second kappa shape index (κ2) is 8.04. The molecule has 8 heteroatoms. The molecule has 0 unspecified atom stereocenters. The Kier molecular flexibility index (Phi) is 5.59. The maximum atomic E-state index is 12.7. The summed E-state index contributed by atoms with van der Waals surface area (Å²) in [4.78, 5) is 6.61. The lowest BCUT2D eigenvalue weighted by Gasteiger charge is -2.35. The van der Waals surface area contributed by atoms with Gasteiger partial charge in [-0.15, -0.1) is 11.6 Å². The van der Waals surface area contributed by atoms with E-state index in [0.29, 0.717) is 11.4 Å². The molecule has 0 spiro atoms. The third kappa shape index (κ3) is 4.84. The Hall–Kier alpha value is -2.38. The number of likely N-dealkylation sites (tertiary alicyclic amines) is 1. The number of hydrogen-bond donors (Lipinski definition) is 0. The maximum absolute atomic E-state index is 12.7. The topological polar surface area (TPSA) is 42.2 Å². The van der Waals surface area contributed by atoms with Gasteiger partial charge in [0.2, 0.25) is 5.82 Å². The molecule has 0 bridgehead atoms. The number of alkyl halides is 4. The van der Waals surface area contributed by atoms with E-state index in [1.165, 1.54) is 17.7 Å². The van der Waals surface area contributed by atoms with E-state index in [1.807, 2.05) is 24.3 Å². The van der Waals surface area contributed by atoms with Crippen molar-refractivity contribution in [3.05, 3.63) is 59.7 Å². The van der Waals surface area contributed by atoms with Crippen molar-refractivity contribution in [2.75, 3.05) is 13.1 Å². The summed E-state index contributed by atoms with van der Waals surface area (Å²) in [7, 11) is 0. The van der Waals surface area contributed by atoms with E-state index in [0.717, 1.165) is 50.2 Å². The molecule has 0 N–H and O–H groups in total. The number of benzene rings is 2. The second-order valence-electron chi connectivity index (χ2n) is 7.88. The van der Waals surface area contributed by atoms with Crippen LogP contribution < -0.4 is 0 Å². The van der Waals surface area contributed by atoms with E-state index in [2.05, 4.69) is 22.0 Å². The van der Waals surface area contributed by atoms with E-state index < -0.39 is 11.7 Å². The molecule has 1 fully saturated rings. The van der Waals surface area contributed by atoms with Crippen molar-refractivity contribution < 1.29 is 17.7 Å². The first-order chi connectivity index (χ1) is 14.2. The molecule has 0 radical (unpaired) electrons. The van der Waals surface area contributed by atoms with Crippen molar-refractivity contribution in [2.24, 2.45) is 0 Å². The minimum Gasteiger partial charge on any atom is -0.334 e. The quantitative estimate of drug-likeness (QED) is 0.470. The summed E-state index contributed by atoms with van der Waals surface area (Å²) in [6.45, 7) is 4.90. The van der Waals surface area contributed by atoms with Gasteiger partial charge in [-0.2, -0.15) is 18.2 Å². The zero-order valence-corrected chi connectivity index (χ0v) is 17.2. The highest BCUT2D eigenvalue weighted by molar-refractivity contribution is 6.23. The molecule has 0 amide bonds. The molecule has 158 valence electrons. The van der Waals surface area contributed by atoms with Gasteiger partial charge in [0.25, 0.3) is 5.89 Å². The second-order valence-corrected chi connectivity index (χ2v) is 8.80. The monoisotopic (exact) mass is 435 g/mol. The summed E-state index contributed by atoms with van der Waals surface area (Å²) >= 11 is 6.40. The van der Waals surface area contributed by atoms with Gasteiger partial charge in [-0.1, -0.05) is 29.4 Å². The summed E-state index contributed by atoms with van der Waals surface area (Å²) in [5.74, 6) is 0.576. The first-order valence-electron chi connectivity index (χ1n) is 9.72. The van der Waals surface area contributed by atoms with E-state index in [1.54, 1.807) is 0 Å². The third-order valence-corrected chi connectivity index (χ3v) is 5.78. The van der Waals surface area contributed by atoms with Crippen LogP contribution in [0.1, 0.15) is 30.9 Å². The highest BCUT2D eigenvalue weighted by Crippen LogP contribution is 2.31. The minimum atomic E-state index is -4.38. The Morgan fingerprint density at radius 2 is 1.60 bits per heavy atom. The molecule has 4 rings (SSSR count). The molecular formula is C22H21ClF3N3O. The third-order valence-electron chi connectivity index (χ3n) is 5.40. The van der Waals surface area contributed by atoms with Crippen LogP contribution in [-0.4, -0.2) is 33.0 Å². The lowest BCUT2D eigenvalue weighted by Crippen LogP contribution is -2.38. The van der Waals surface area contributed by atoms with Gasteiger partial charge in [0.15, 0.2) is 0 Å². The molecule has 0 atom stereocenters. The highest BCUT2D eigenvalue weighted by atomic mass is 35.5. The van der Waals surface area contributed by atoms with Crippen LogP contribution in [0.15, 0.2) is 53.1 Å². The smallest absolute Gasteiger partial charge is 0.334 e. The number of hydrogen-bond acceptors (Lipinski definition) is 4. The van der Waals surface area contributed by atoms with Gasteiger partial charge >= 0.3 is 6.18 Å². The normalized spacial score (nSPS) is 17.2. The molecule has 0 saturated carbocycles. The van der Waals surface area contributed by atoms with Gasteiger partial charge < -0.3 is 4.52 Å². The molecule has 1 saturated heterocycles. The first-order valence-corrected chi connectivity index (χ1v) is 10.1. The van der Waals surface area contributed by atoms with E-state index in [4.69, 9.17) is 16.1 Å². The van der Waals surface area contributed by atoms with Crippen LogP contribution in [0.3, 0.4) is 0 Å². The molecule has 1 aliphatic heterocycles. The van der Waals surface area contributed by atoms with Crippen LogP contribution in [0.25, 0.3) is 22.8 Å². The van der Waals surface area contributed by atoms with Crippen molar-refractivity contribution in [3.63, 3.8) is 0 Å². The summed E-state index contributed by atoms with van der Waals surface area (Å²) in [5, 5.41) is 3.96. The van der Waals surface area contributed by atoms with Crippen molar-refractivity contribution in [3.8, 4) is 22.8 Å². The number of rotatable bonds is 4. The molecule has 2 heterocycles. The maximum Gasteiger partial charge on any atom is 0.416 e. The summed E-state index contributed by atoms with van der Waals surface area (Å²) in [6.07, 6.45) is -2.43. The van der Waals surface area contributed by atoms with E-state index >= 15 is 0 Å². The van der Waals surface area contributed by atoms with Crippen molar-refractivity contribution in [1.29, 1.82) is 0 Å². The van der Waals surface area contributed by atoms with Crippen molar-refractivity contribution in [1.82, 2.24) is 15.0 Å². The summed E-state index contributed by atoms with van der Waals surface area (Å²) in [5.41, 5.74) is 1.69. The molecule has 4 nitrogen and oxygen atoms in total. The predicted molar refractivity (Wildman–Crippen MR) is 109 cm³/mol. The van der Waals surface area contributed by atoms with Gasteiger partial charge in [-0.3, -0.25) is 4.90 Å². The predicted octanol–water partition coefficient (Wildman–Crippen LogP) is 6.02. The molecule has 30 heavy (non-hydrogen) atoms. The fraction of sp³-hybridized carbons (Fsp3) is 0.364. The molecular weight excluding hydrogens is 415 g/mol. The van der Waals surface area contributed by atoms with Crippen LogP contribution in [0.5, 0.6) is 0 Å². The summed E-state index contributed by atoms with van der Waals surface area (Å²) in [6, 6.07) is 12.6. The van der Waals surface area contributed by atoms with Crippen LogP contribution in [-0.2, 0) is 12.7 Å². The van der Waals surface area contributed by atoms with Crippen LogP contribution >= 0.6 is 11.6 Å². The van der Waals surface area contributed by atoms with Crippen molar-refractivity contribution >= 4 is 11.6 Å². The fourth-order valence-electron chi connectivity index (χ4n) is 3.45. The SMILES string of the molecule is CC1(Cl)CCN(Cc2ccc(-c3noc(-c4ccc(C(F)(F)F)cc4)n3)cc2)CC1. The van der Waals surface area contributed by atoms with Gasteiger partial charge in [0.1, 0.15) is 0 Å². The van der Waals surface area contributed by atoms with Crippen LogP contribution in [0.2, 0.25) is 0 Å². The zero-order chi connectivity index (χ0) is 21.4. The van der Waals surface area contributed by atoms with E-state index in [9.17, 15) is 13.2 Å². The standard InChI is InChI=1S/C22H21ClF3N3O/c1-21(23)10-12-29(13-11-21)14-15-2-4-16(5-3-15)19-27-20(30-28-19)17-6-8-18(9-7-17)22(24,25)26/h2-9H,10-14H2,1H3. The lowest BCUT2D eigenvalue weighted by atomic mass is 9.97. The Morgan fingerprint density at radius 1 is 1.00 bits per heavy atom. The first kappa shape index (κ1) is 20.9. The van der Waals surface area contributed by atoms with Gasteiger partial charge in [-0.25, -0.2) is 0 Å². The van der Waals surface area contributed by atoms with Crippen molar-refractivity contribution in [2.45, 2.75) is 37.4 Å². The number of halogens is 4. The largest absolute Gasteiger partial charge is 0.416 e. The number of aromatic nitrogens is 2. The molecule has 3 aromatic rings. The average molecular weight is 436 g/mol. The number of nitrogens with zero attached hydrogens (tertiary/aromatic N) is 3. The Morgan fingerprint density at radius 3 is 2.20 bits per heavy atom. The Labute approximate surface area is 177 Å². The van der Waals surface area contributed by atoms with Crippen LogP contribution in [0, 0.1) is 0 Å². The highest BCUT2D eigenvalue weighted by Gasteiger charge is 2.30. The van der Waals surface area contributed by atoms with Gasteiger partial charge in [0.05, 0.1) is 5.56 Å². The van der Waals surface area contributed by atoms with Crippen LogP contribution in [0.4, 0.5) is 13.2 Å². The average Bonchev–Trinajstić information content (AvgIpc) is 3.20.